The first-order chi connectivity index (χ1) is 11.0. The summed E-state index contributed by atoms with van der Waals surface area (Å²) in [6.45, 7) is 0. The Morgan fingerprint density at radius 2 is 1.61 bits per heavy atom. The van der Waals surface area contributed by atoms with Crippen LogP contribution in [0.4, 0.5) is 0 Å². The summed E-state index contributed by atoms with van der Waals surface area (Å²) in [4.78, 5) is -0.250. The Labute approximate surface area is 143 Å². The van der Waals surface area contributed by atoms with E-state index in [2.05, 4.69) is 5.10 Å². The summed E-state index contributed by atoms with van der Waals surface area (Å²) >= 11 is 11.8. The Bertz CT molecular complexity index is 904. The predicted molar refractivity (Wildman–Crippen MR) is 87.8 cm³/mol. The second kappa shape index (κ2) is 6.23. The Hall–Kier alpha value is -2.02. The van der Waals surface area contributed by atoms with Gasteiger partial charge in [0.1, 0.15) is 10.6 Å². The van der Waals surface area contributed by atoms with Gasteiger partial charge in [-0.05, 0) is 42.5 Å². The van der Waals surface area contributed by atoms with Crippen LogP contribution in [0.1, 0.15) is 0 Å². The van der Waals surface area contributed by atoms with E-state index in [1.807, 2.05) is 0 Å². The second-order valence-electron chi connectivity index (χ2n) is 4.53. The highest BCUT2D eigenvalue weighted by Crippen LogP contribution is 2.31. The molecule has 118 valence electrons. The smallest absolute Gasteiger partial charge is 0.342 e. The van der Waals surface area contributed by atoms with Crippen LogP contribution in [-0.4, -0.2) is 18.2 Å². The van der Waals surface area contributed by atoms with Crippen molar-refractivity contribution >= 4 is 33.3 Å². The van der Waals surface area contributed by atoms with E-state index >= 15 is 0 Å². The van der Waals surface area contributed by atoms with E-state index in [4.69, 9.17) is 27.4 Å². The molecule has 0 radical (unpaired) electrons. The van der Waals surface area contributed by atoms with Gasteiger partial charge in [-0.1, -0.05) is 29.3 Å². The normalized spacial score (nSPS) is 11.4. The van der Waals surface area contributed by atoms with Crippen LogP contribution < -0.4 is 4.18 Å². The molecule has 23 heavy (non-hydrogen) atoms. The van der Waals surface area contributed by atoms with E-state index in [0.717, 1.165) is 5.69 Å². The van der Waals surface area contributed by atoms with Gasteiger partial charge in [0.25, 0.3) is 0 Å². The van der Waals surface area contributed by atoms with Crippen molar-refractivity contribution < 1.29 is 12.6 Å². The molecule has 0 fully saturated rings. The molecule has 2 aromatic carbocycles. The highest BCUT2D eigenvalue weighted by molar-refractivity contribution is 7.87. The predicted octanol–water partition coefficient (Wildman–Crippen LogP) is 3.95. The summed E-state index contributed by atoms with van der Waals surface area (Å²) in [7, 11) is -4.13. The van der Waals surface area contributed by atoms with Gasteiger partial charge in [0.05, 0.1) is 15.7 Å². The van der Waals surface area contributed by atoms with Crippen LogP contribution in [0.25, 0.3) is 5.69 Å². The maximum Gasteiger partial charge on any atom is 0.342 e. The molecule has 3 aromatic rings. The van der Waals surface area contributed by atoms with Crippen molar-refractivity contribution in [3.8, 4) is 11.4 Å². The molecule has 0 saturated carbocycles. The highest BCUT2D eigenvalue weighted by Gasteiger charge is 2.23. The minimum absolute atomic E-state index is 0.00524. The zero-order valence-electron chi connectivity index (χ0n) is 11.6. The van der Waals surface area contributed by atoms with E-state index in [9.17, 15) is 8.42 Å². The zero-order chi connectivity index (χ0) is 16.4. The first-order valence-corrected chi connectivity index (χ1v) is 8.62. The molecule has 0 atom stereocenters. The average molecular weight is 369 g/mol. The molecule has 0 bridgehead atoms. The lowest BCUT2D eigenvalue weighted by Gasteiger charge is -2.10. The second-order valence-corrected chi connectivity index (χ2v) is 6.83. The third-order valence-corrected chi connectivity index (χ3v) is 5.19. The van der Waals surface area contributed by atoms with Crippen LogP contribution in [0.15, 0.2) is 65.8 Å². The maximum absolute atomic E-state index is 12.3. The molecule has 0 aliphatic carbocycles. The lowest BCUT2D eigenvalue weighted by Crippen LogP contribution is -2.11. The van der Waals surface area contributed by atoms with Crippen molar-refractivity contribution in [2.75, 3.05) is 0 Å². The Morgan fingerprint density at radius 3 is 2.17 bits per heavy atom. The van der Waals surface area contributed by atoms with Gasteiger partial charge in [0, 0.05) is 12.4 Å². The molecule has 1 aromatic heterocycles. The Kier molecular flexibility index (Phi) is 4.30. The largest absolute Gasteiger partial charge is 0.379 e. The molecule has 0 aliphatic rings. The first kappa shape index (κ1) is 15.9. The molecule has 0 aliphatic heterocycles. The summed E-state index contributed by atoms with van der Waals surface area (Å²) in [6.07, 6.45) is 3.42. The number of hydrogen-bond acceptors (Lipinski definition) is 4. The number of benzene rings is 2. The van der Waals surface area contributed by atoms with Gasteiger partial charge in [-0.2, -0.15) is 13.5 Å². The summed E-state index contributed by atoms with van der Waals surface area (Å²) in [5.41, 5.74) is 0.774. The fourth-order valence-electron chi connectivity index (χ4n) is 1.97. The van der Waals surface area contributed by atoms with Crippen LogP contribution in [0.2, 0.25) is 10.0 Å². The summed E-state index contributed by atoms with van der Waals surface area (Å²) in [5.74, 6) is 0.150. The fourth-order valence-corrected chi connectivity index (χ4v) is 3.99. The minimum atomic E-state index is -4.13. The summed E-state index contributed by atoms with van der Waals surface area (Å²) in [6, 6.07) is 12.6. The number of halogens is 2. The molecule has 0 amide bonds. The Morgan fingerprint density at radius 1 is 0.957 bits per heavy atom. The molecular weight excluding hydrogens is 359 g/mol. The van der Waals surface area contributed by atoms with Crippen molar-refractivity contribution in [1.29, 1.82) is 0 Å². The molecule has 0 spiro atoms. The van der Waals surface area contributed by atoms with E-state index in [1.54, 1.807) is 41.3 Å². The van der Waals surface area contributed by atoms with Gasteiger partial charge in [0.15, 0.2) is 0 Å². The van der Waals surface area contributed by atoms with Gasteiger partial charge < -0.3 is 4.18 Å². The Balaban J connectivity index is 1.89. The van der Waals surface area contributed by atoms with Crippen molar-refractivity contribution in [2.45, 2.75) is 4.90 Å². The van der Waals surface area contributed by atoms with Gasteiger partial charge in [0.2, 0.25) is 0 Å². The monoisotopic (exact) mass is 368 g/mol. The number of rotatable bonds is 4. The SMILES string of the molecule is O=S(=O)(Oc1ccc(-n2cccn2)cc1)c1c(Cl)cccc1Cl. The molecule has 3 rings (SSSR count). The summed E-state index contributed by atoms with van der Waals surface area (Å²) < 4.78 is 31.4. The van der Waals surface area contributed by atoms with Gasteiger partial charge in [-0.3, -0.25) is 0 Å². The van der Waals surface area contributed by atoms with Crippen LogP contribution in [0, 0.1) is 0 Å². The van der Waals surface area contributed by atoms with Crippen molar-refractivity contribution in [3.63, 3.8) is 0 Å². The molecule has 0 N–H and O–H groups in total. The lowest BCUT2D eigenvalue weighted by molar-refractivity contribution is 0.486. The van der Waals surface area contributed by atoms with Gasteiger partial charge in [-0.15, -0.1) is 0 Å². The molecule has 0 unspecified atom stereocenters. The number of aromatic nitrogens is 2. The highest BCUT2D eigenvalue weighted by atomic mass is 35.5. The van der Waals surface area contributed by atoms with Crippen LogP contribution in [-0.2, 0) is 10.1 Å². The van der Waals surface area contributed by atoms with E-state index in [0.29, 0.717) is 0 Å². The van der Waals surface area contributed by atoms with Crippen molar-refractivity contribution in [1.82, 2.24) is 9.78 Å². The topological polar surface area (TPSA) is 61.2 Å². The fraction of sp³-hybridized carbons (Fsp3) is 0. The molecule has 1 heterocycles. The lowest BCUT2D eigenvalue weighted by atomic mass is 10.3. The molecular formula is C15H10Cl2N2O3S. The van der Waals surface area contributed by atoms with E-state index in [1.165, 1.54) is 24.3 Å². The minimum Gasteiger partial charge on any atom is -0.379 e. The van der Waals surface area contributed by atoms with Gasteiger partial charge in [-0.25, -0.2) is 4.68 Å². The van der Waals surface area contributed by atoms with E-state index in [-0.39, 0.29) is 20.7 Å². The van der Waals surface area contributed by atoms with Crippen molar-refractivity contribution in [3.05, 3.63) is 71.0 Å². The summed E-state index contributed by atoms with van der Waals surface area (Å²) in [5, 5.41) is 4.09. The third-order valence-electron chi connectivity index (χ3n) is 2.98. The average Bonchev–Trinajstić information content (AvgIpc) is 3.01. The number of nitrogens with zero attached hydrogens (tertiary/aromatic N) is 2. The zero-order valence-corrected chi connectivity index (χ0v) is 13.9. The van der Waals surface area contributed by atoms with Crippen LogP contribution in [0.5, 0.6) is 5.75 Å². The number of hydrogen-bond donors (Lipinski definition) is 0. The maximum atomic E-state index is 12.3. The third kappa shape index (κ3) is 3.34. The molecule has 5 nitrogen and oxygen atoms in total. The standard InChI is InChI=1S/C15H10Cl2N2O3S/c16-13-3-1-4-14(17)15(13)23(20,21)22-12-7-5-11(6-8-12)19-10-2-9-18-19/h1-10H. The molecule has 0 saturated heterocycles. The molecule has 8 heteroatoms. The quantitative estimate of drug-likeness (QED) is 0.654. The van der Waals surface area contributed by atoms with Crippen LogP contribution >= 0.6 is 23.2 Å². The van der Waals surface area contributed by atoms with Gasteiger partial charge >= 0.3 is 10.1 Å². The van der Waals surface area contributed by atoms with Crippen molar-refractivity contribution in [2.24, 2.45) is 0 Å². The first-order valence-electron chi connectivity index (χ1n) is 6.46. The van der Waals surface area contributed by atoms with E-state index < -0.39 is 10.1 Å². The van der Waals surface area contributed by atoms with Crippen LogP contribution in [0.3, 0.4) is 0 Å².